The molecule has 0 spiro atoms. The lowest BCUT2D eigenvalue weighted by molar-refractivity contribution is 1.17. The fourth-order valence-corrected chi connectivity index (χ4v) is 5.72. The zero-order valence-electron chi connectivity index (χ0n) is 26.8. The summed E-state index contributed by atoms with van der Waals surface area (Å²) in [7, 11) is 0. The number of benzene rings is 2. The van der Waals surface area contributed by atoms with Crippen molar-refractivity contribution < 1.29 is 0 Å². The van der Waals surface area contributed by atoms with Crippen LogP contribution in [0.1, 0.15) is 12.5 Å². The SMILES string of the molecule is C=N/C=C\C(=C/C)c1cc(-c2ccncc2)cc(-c2cc(-c3cc(-c4ccncc4)cc(-c4ccncc4)c3)nc(-c3ccncc3)n2)c1. The van der Waals surface area contributed by atoms with Crippen LogP contribution in [-0.4, -0.2) is 36.6 Å². The van der Waals surface area contributed by atoms with Gasteiger partial charge in [-0.1, -0.05) is 6.08 Å². The highest BCUT2D eigenvalue weighted by Gasteiger charge is 2.15. The lowest BCUT2D eigenvalue weighted by atomic mass is 9.93. The molecule has 0 saturated heterocycles. The molecule has 0 aliphatic rings. The van der Waals surface area contributed by atoms with Crippen molar-refractivity contribution in [2.45, 2.75) is 6.92 Å². The van der Waals surface area contributed by atoms with E-state index < -0.39 is 0 Å². The van der Waals surface area contributed by atoms with Gasteiger partial charge in [0.2, 0.25) is 0 Å². The largest absolute Gasteiger partial charge is 0.272 e. The molecule has 7 rings (SSSR count). The molecule has 0 saturated carbocycles. The first kappa shape index (κ1) is 30.9. The molecule has 5 heterocycles. The zero-order valence-corrected chi connectivity index (χ0v) is 26.8. The second-order valence-corrected chi connectivity index (χ2v) is 11.2. The van der Waals surface area contributed by atoms with E-state index >= 15 is 0 Å². The highest BCUT2D eigenvalue weighted by molar-refractivity contribution is 5.85. The molecule has 7 aromatic rings. The van der Waals surface area contributed by atoms with Gasteiger partial charge in [-0.3, -0.25) is 24.9 Å². The molecule has 0 aliphatic heterocycles. The maximum atomic E-state index is 5.15. The fraction of sp³-hybridized carbons (Fsp3) is 0.0238. The first-order valence-electron chi connectivity index (χ1n) is 15.8. The van der Waals surface area contributed by atoms with Crippen LogP contribution in [0.5, 0.6) is 0 Å². The summed E-state index contributed by atoms with van der Waals surface area (Å²) in [5.41, 5.74) is 12.7. The second kappa shape index (κ2) is 14.4. The molecule has 0 bridgehead atoms. The van der Waals surface area contributed by atoms with Crippen molar-refractivity contribution in [3.8, 4) is 67.3 Å². The van der Waals surface area contributed by atoms with E-state index in [0.717, 1.165) is 72.6 Å². The number of hydrogen-bond donors (Lipinski definition) is 0. The predicted molar refractivity (Wildman–Crippen MR) is 198 cm³/mol. The molecular weight excluding hydrogens is 603 g/mol. The van der Waals surface area contributed by atoms with Gasteiger partial charge in [-0.25, -0.2) is 9.97 Å². The molecule has 49 heavy (non-hydrogen) atoms. The van der Waals surface area contributed by atoms with Gasteiger partial charge in [0.1, 0.15) is 0 Å². The molecule has 0 amide bonds. The first-order valence-corrected chi connectivity index (χ1v) is 15.8. The number of hydrogen-bond acceptors (Lipinski definition) is 7. The Morgan fingerprint density at radius 1 is 0.490 bits per heavy atom. The van der Waals surface area contributed by atoms with Crippen LogP contribution in [0.25, 0.3) is 72.9 Å². The van der Waals surface area contributed by atoms with Gasteiger partial charge in [-0.15, -0.1) is 0 Å². The average Bonchev–Trinajstić information content (AvgIpc) is 3.19. The Kier molecular flexibility index (Phi) is 9.05. The lowest BCUT2D eigenvalue weighted by Crippen LogP contribution is -1.98. The van der Waals surface area contributed by atoms with E-state index in [2.05, 4.69) is 80.2 Å². The summed E-state index contributed by atoms with van der Waals surface area (Å²) in [6.07, 6.45) is 20.1. The third kappa shape index (κ3) is 7.01. The third-order valence-electron chi connectivity index (χ3n) is 8.17. The van der Waals surface area contributed by atoms with Crippen LogP contribution >= 0.6 is 0 Å². The van der Waals surface area contributed by atoms with Crippen molar-refractivity contribution in [1.29, 1.82) is 0 Å². The van der Waals surface area contributed by atoms with Crippen molar-refractivity contribution in [3.63, 3.8) is 0 Å². The van der Waals surface area contributed by atoms with Gasteiger partial charge in [-0.2, -0.15) is 0 Å². The van der Waals surface area contributed by atoms with Crippen molar-refractivity contribution in [2.24, 2.45) is 4.99 Å². The van der Waals surface area contributed by atoms with Crippen LogP contribution < -0.4 is 0 Å². The monoisotopic (exact) mass is 633 g/mol. The molecule has 0 atom stereocenters. The minimum Gasteiger partial charge on any atom is -0.272 e. The Morgan fingerprint density at radius 3 is 1.33 bits per heavy atom. The van der Waals surface area contributed by atoms with Gasteiger partial charge >= 0.3 is 0 Å². The molecule has 0 N–H and O–H groups in total. The van der Waals surface area contributed by atoms with Gasteiger partial charge in [-0.05, 0) is 155 Å². The van der Waals surface area contributed by atoms with Crippen LogP contribution in [0, 0.1) is 0 Å². The van der Waals surface area contributed by atoms with Crippen LogP contribution in [-0.2, 0) is 0 Å². The Balaban J connectivity index is 1.47. The quantitative estimate of drug-likeness (QED) is 0.116. The first-order chi connectivity index (χ1) is 24.2. The van der Waals surface area contributed by atoms with Crippen LogP contribution in [0.15, 0.2) is 164 Å². The summed E-state index contributed by atoms with van der Waals surface area (Å²) >= 11 is 0. The molecule has 7 heteroatoms. The Morgan fingerprint density at radius 2 is 0.878 bits per heavy atom. The normalized spacial score (nSPS) is 11.5. The highest BCUT2D eigenvalue weighted by Crippen LogP contribution is 2.36. The minimum atomic E-state index is 0.604. The number of allylic oxidation sites excluding steroid dienone is 3. The van der Waals surface area contributed by atoms with E-state index in [-0.39, 0.29) is 0 Å². The topological polar surface area (TPSA) is 89.7 Å². The van der Waals surface area contributed by atoms with Crippen LogP contribution in [0.3, 0.4) is 0 Å². The van der Waals surface area contributed by atoms with Crippen molar-refractivity contribution >= 4 is 12.3 Å². The Labute approximate surface area is 285 Å². The summed E-state index contributed by atoms with van der Waals surface area (Å²) in [4.78, 5) is 31.2. The molecule has 0 fully saturated rings. The van der Waals surface area contributed by atoms with Gasteiger partial charge in [0.05, 0.1) is 11.4 Å². The molecule has 0 unspecified atom stereocenters. The van der Waals surface area contributed by atoms with Gasteiger partial charge in [0.25, 0.3) is 0 Å². The summed E-state index contributed by atoms with van der Waals surface area (Å²) in [6, 6.07) is 31.1. The maximum absolute atomic E-state index is 5.15. The number of rotatable bonds is 9. The number of nitrogens with zero attached hydrogens (tertiary/aromatic N) is 7. The number of aromatic nitrogens is 6. The fourth-order valence-electron chi connectivity index (χ4n) is 5.72. The highest BCUT2D eigenvalue weighted by atomic mass is 14.9. The average molecular weight is 634 g/mol. The van der Waals surface area contributed by atoms with E-state index in [0.29, 0.717) is 5.82 Å². The van der Waals surface area contributed by atoms with Crippen molar-refractivity contribution in [2.75, 3.05) is 0 Å². The third-order valence-corrected chi connectivity index (χ3v) is 8.17. The molecular formula is C42H31N7. The summed E-state index contributed by atoms with van der Waals surface area (Å²) in [6.45, 7) is 5.64. The number of aliphatic imine (C=N–C) groups is 1. The molecule has 0 aliphatic carbocycles. The minimum absolute atomic E-state index is 0.604. The smallest absolute Gasteiger partial charge is 0.160 e. The van der Waals surface area contributed by atoms with Crippen LogP contribution in [0.2, 0.25) is 0 Å². The molecule has 234 valence electrons. The lowest BCUT2D eigenvalue weighted by Gasteiger charge is -2.15. The van der Waals surface area contributed by atoms with E-state index in [1.807, 2.05) is 86.3 Å². The molecule has 5 aromatic heterocycles. The van der Waals surface area contributed by atoms with Crippen molar-refractivity contribution in [3.05, 3.63) is 164 Å². The van der Waals surface area contributed by atoms with E-state index in [9.17, 15) is 0 Å². The van der Waals surface area contributed by atoms with Crippen molar-refractivity contribution in [1.82, 2.24) is 29.9 Å². The molecule has 7 nitrogen and oxygen atoms in total. The number of pyridine rings is 4. The van der Waals surface area contributed by atoms with E-state index in [4.69, 9.17) is 9.97 Å². The Bertz CT molecular complexity index is 2230. The molecule has 0 radical (unpaired) electrons. The van der Waals surface area contributed by atoms with E-state index in [1.165, 1.54) is 0 Å². The van der Waals surface area contributed by atoms with Gasteiger partial charge < -0.3 is 0 Å². The van der Waals surface area contributed by atoms with Crippen LogP contribution in [0.4, 0.5) is 0 Å². The standard InChI is InChI=1S/C42H31N7/c1-3-29(4-13-43-2)34-22-35(30-5-14-44-15-6-30)25-38(24-34)40-28-41(49-42(48-40)33-11-20-47-21-12-33)39-26-36(31-7-16-45-17-8-31)23-37(27-39)32-9-18-46-19-10-32/h3-28H,2H2,1H3/b13-4-,29-3+. The van der Waals surface area contributed by atoms with Gasteiger partial charge in [0.15, 0.2) is 5.82 Å². The maximum Gasteiger partial charge on any atom is 0.160 e. The van der Waals surface area contributed by atoms with E-state index in [1.54, 1.807) is 31.0 Å². The summed E-state index contributed by atoms with van der Waals surface area (Å²) in [5, 5.41) is 0. The summed E-state index contributed by atoms with van der Waals surface area (Å²) in [5.74, 6) is 0.604. The Hall–Kier alpha value is -6.73. The zero-order chi connectivity index (χ0) is 33.4. The van der Waals surface area contributed by atoms with Gasteiger partial charge in [0, 0.05) is 72.5 Å². The second-order valence-electron chi connectivity index (χ2n) is 11.2. The summed E-state index contributed by atoms with van der Waals surface area (Å²) < 4.78 is 0. The predicted octanol–water partition coefficient (Wildman–Crippen LogP) is 9.68. The molecule has 2 aromatic carbocycles.